The third-order valence-electron chi connectivity index (χ3n) is 2.63. The Kier molecular flexibility index (Phi) is 3.49. The van der Waals surface area contributed by atoms with E-state index in [0.29, 0.717) is 12.5 Å². The normalized spacial score (nSPS) is 36.7. The molecule has 0 aromatic rings. The van der Waals surface area contributed by atoms with E-state index in [1.165, 1.54) is 24.3 Å². The maximum Gasteiger partial charge on any atom is 0.161 e. The van der Waals surface area contributed by atoms with Gasteiger partial charge in [0, 0.05) is 5.92 Å². The molecule has 2 saturated heterocycles. The summed E-state index contributed by atoms with van der Waals surface area (Å²) in [6, 6.07) is 0. The SMILES string of the molecule is OCC1COC(C2CCSCC2)O1. The van der Waals surface area contributed by atoms with Gasteiger partial charge in [0.15, 0.2) is 6.29 Å². The molecule has 0 amide bonds. The van der Waals surface area contributed by atoms with Crippen LogP contribution in [0.2, 0.25) is 0 Å². The average molecular weight is 204 g/mol. The summed E-state index contributed by atoms with van der Waals surface area (Å²) in [6.45, 7) is 0.642. The van der Waals surface area contributed by atoms with Crippen LogP contribution in [-0.2, 0) is 9.47 Å². The van der Waals surface area contributed by atoms with Crippen molar-refractivity contribution in [2.24, 2.45) is 5.92 Å². The van der Waals surface area contributed by atoms with Gasteiger partial charge in [-0.3, -0.25) is 0 Å². The first kappa shape index (κ1) is 9.77. The van der Waals surface area contributed by atoms with Crippen LogP contribution in [-0.4, -0.2) is 42.2 Å². The van der Waals surface area contributed by atoms with Crippen molar-refractivity contribution < 1.29 is 14.6 Å². The number of thioether (sulfide) groups is 1. The Balaban J connectivity index is 1.80. The van der Waals surface area contributed by atoms with Gasteiger partial charge < -0.3 is 14.6 Å². The Morgan fingerprint density at radius 1 is 1.31 bits per heavy atom. The molecule has 2 fully saturated rings. The van der Waals surface area contributed by atoms with Gasteiger partial charge in [0.1, 0.15) is 6.10 Å². The lowest BCUT2D eigenvalue weighted by atomic mass is 10.0. The molecule has 1 N–H and O–H groups in total. The molecule has 0 aromatic heterocycles. The molecule has 0 aromatic carbocycles. The third-order valence-corrected chi connectivity index (χ3v) is 3.68. The lowest BCUT2D eigenvalue weighted by Gasteiger charge is -2.25. The Labute approximate surface area is 82.8 Å². The van der Waals surface area contributed by atoms with Gasteiger partial charge in [-0.05, 0) is 24.3 Å². The topological polar surface area (TPSA) is 38.7 Å². The second kappa shape index (κ2) is 4.64. The molecule has 2 aliphatic heterocycles. The Morgan fingerprint density at radius 2 is 2.08 bits per heavy atom. The molecule has 3 nitrogen and oxygen atoms in total. The van der Waals surface area contributed by atoms with Crippen LogP contribution in [0.1, 0.15) is 12.8 Å². The zero-order valence-electron chi connectivity index (χ0n) is 7.65. The van der Waals surface area contributed by atoms with Crippen molar-refractivity contribution in [2.45, 2.75) is 25.2 Å². The molecule has 0 aliphatic carbocycles. The van der Waals surface area contributed by atoms with Gasteiger partial charge >= 0.3 is 0 Å². The van der Waals surface area contributed by atoms with Crippen molar-refractivity contribution in [1.29, 1.82) is 0 Å². The lowest BCUT2D eigenvalue weighted by Crippen LogP contribution is -2.26. The Hall–Kier alpha value is 0.230. The van der Waals surface area contributed by atoms with Crippen molar-refractivity contribution in [2.75, 3.05) is 24.7 Å². The molecule has 2 atom stereocenters. The monoisotopic (exact) mass is 204 g/mol. The molecule has 0 radical (unpaired) electrons. The summed E-state index contributed by atoms with van der Waals surface area (Å²) in [5, 5.41) is 8.87. The minimum atomic E-state index is -0.0837. The smallest absolute Gasteiger partial charge is 0.161 e. The van der Waals surface area contributed by atoms with E-state index in [1.807, 2.05) is 11.8 Å². The molecule has 2 rings (SSSR count). The first-order chi connectivity index (χ1) is 6.40. The summed E-state index contributed by atoms with van der Waals surface area (Å²) >= 11 is 2.00. The van der Waals surface area contributed by atoms with Crippen LogP contribution in [0.15, 0.2) is 0 Å². The molecular weight excluding hydrogens is 188 g/mol. The van der Waals surface area contributed by atoms with Crippen LogP contribution < -0.4 is 0 Å². The number of ether oxygens (including phenoxy) is 2. The highest BCUT2D eigenvalue weighted by Crippen LogP contribution is 2.30. The summed E-state index contributed by atoms with van der Waals surface area (Å²) < 4.78 is 11.1. The van der Waals surface area contributed by atoms with Crippen LogP contribution in [0.25, 0.3) is 0 Å². The number of aliphatic hydroxyl groups excluding tert-OH is 1. The highest BCUT2D eigenvalue weighted by Gasteiger charge is 2.32. The van der Waals surface area contributed by atoms with Gasteiger partial charge in [0.25, 0.3) is 0 Å². The van der Waals surface area contributed by atoms with E-state index in [0.717, 1.165) is 0 Å². The van der Waals surface area contributed by atoms with E-state index in [2.05, 4.69) is 0 Å². The van der Waals surface area contributed by atoms with E-state index in [-0.39, 0.29) is 19.0 Å². The molecule has 0 saturated carbocycles. The van der Waals surface area contributed by atoms with Gasteiger partial charge in [0.05, 0.1) is 13.2 Å². The minimum Gasteiger partial charge on any atom is -0.394 e. The van der Waals surface area contributed by atoms with Gasteiger partial charge in [0.2, 0.25) is 0 Å². The fraction of sp³-hybridized carbons (Fsp3) is 1.00. The third kappa shape index (κ3) is 2.37. The van der Waals surface area contributed by atoms with Crippen LogP contribution in [0.3, 0.4) is 0 Å². The number of rotatable bonds is 2. The van der Waals surface area contributed by atoms with E-state index >= 15 is 0 Å². The van der Waals surface area contributed by atoms with Gasteiger partial charge in [-0.25, -0.2) is 0 Å². The maximum absolute atomic E-state index is 8.87. The molecular formula is C9H16O3S. The van der Waals surface area contributed by atoms with Gasteiger partial charge in [-0.1, -0.05) is 0 Å². The summed E-state index contributed by atoms with van der Waals surface area (Å²) in [5.74, 6) is 2.99. The van der Waals surface area contributed by atoms with Crippen LogP contribution in [0.5, 0.6) is 0 Å². The van der Waals surface area contributed by atoms with Crippen molar-refractivity contribution in [3.05, 3.63) is 0 Å². The van der Waals surface area contributed by atoms with Gasteiger partial charge in [-0.2, -0.15) is 11.8 Å². The fourth-order valence-corrected chi connectivity index (χ4v) is 2.94. The number of aliphatic hydroxyl groups is 1. The molecule has 0 bridgehead atoms. The molecule has 0 spiro atoms. The molecule has 13 heavy (non-hydrogen) atoms. The summed E-state index contributed by atoms with van der Waals surface area (Å²) in [4.78, 5) is 0. The summed E-state index contributed by atoms with van der Waals surface area (Å²) in [7, 11) is 0. The Bertz CT molecular complexity index is 159. The molecule has 76 valence electrons. The largest absolute Gasteiger partial charge is 0.394 e. The maximum atomic E-state index is 8.87. The van der Waals surface area contributed by atoms with Crippen LogP contribution in [0.4, 0.5) is 0 Å². The van der Waals surface area contributed by atoms with E-state index in [4.69, 9.17) is 14.6 Å². The molecule has 2 heterocycles. The zero-order valence-corrected chi connectivity index (χ0v) is 8.46. The fourth-order valence-electron chi connectivity index (χ4n) is 1.80. The molecule has 4 heteroatoms. The van der Waals surface area contributed by atoms with Crippen LogP contribution >= 0.6 is 11.8 Å². The first-order valence-electron chi connectivity index (χ1n) is 4.86. The standard InChI is InChI=1S/C9H16O3S/c10-5-8-6-11-9(12-8)7-1-3-13-4-2-7/h7-10H,1-6H2. The zero-order chi connectivity index (χ0) is 9.10. The van der Waals surface area contributed by atoms with Crippen molar-refractivity contribution in [3.8, 4) is 0 Å². The predicted molar refractivity (Wildman–Crippen MR) is 51.7 cm³/mol. The quantitative estimate of drug-likeness (QED) is 0.724. The highest BCUT2D eigenvalue weighted by atomic mass is 32.2. The average Bonchev–Trinajstić information content (AvgIpc) is 2.67. The second-order valence-electron chi connectivity index (χ2n) is 3.59. The molecule has 2 aliphatic rings. The minimum absolute atomic E-state index is 0.0435. The number of hydrogen-bond acceptors (Lipinski definition) is 4. The number of hydrogen-bond donors (Lipinski definition) is 1. The van der Waals surface area contributed by atoms with E-state index in [9.17, 15) is 0 Å². The summed E-state index contributed by atoms with van der Waals surface area (Å²) in [6.07, 6.45) is 2.25. The summed E-state index contributed by atoms with van der Waals surface area (Å²) in [5.41, 5.74) is 0. The molecule has 2 unspecified atom stereocenters. The van der Waals surface area contributed by atoms with Crippen molar-refractivity contribution >= 4 is 11.8 Å². The predicted octanol–water partition coefficient (Wildman–Crippen LogP) is 0.863. The first-order valence-corrected chi connectivity index (χ1v) is 6.01. The lowest BCUT2D eigenvalue weighted by molar-refractivity contribution is -0.103. The van der Waals surface area contributed by atoms with Crippen LogP contribution in [0, 0.1) is 5.92 Å². The second-order valence-corrected chi connectivity index (χ2v) is 4.82. The highest BCUT2D eigenvalue weighted by molar-refractivity contribution is 7.99. The van der Waals surface area contributed by atoms with E-state index < -0.39 is 0 Å². The van der Waals surface area contributed by atoms with Gasteiger partial charge in [-0.15, -0.1) is 0 Å². The van der Waals surface area contributed by atoms with Crippen molar-refractivity contribution in [3.63, 3.8) is 0 Å². The van der Waals surface area contributed by atoms with E-state index in [1.54, 1.807) is 0 Å². The van der Waals surface area contributed by atoms with Crippen molar-refractivity contribution in [1.82, 2.24) is 0 Å². The Morgan fingerprint density at radius 3 is 2.69 bits per heavy atom.